The number of fused-ring (bicyclic) bond motifs is 1. The summed E-state index contributed by atoms with van der Waals surface area (Å²) in [6.45, 7) is 9.37. The zero-order valence-electron chi connectivity index (χ0n) is 20.8. The lowest BCUT2D eigenvalue weighted by Crippen LogP contribution is -2.41. The van der Waals surface area contributed by atoms with Crippen LogP contribution in [0.1, 0.15) is 62.1 Å². The third-order valence-electron chi connectivity index (χ3n) is 6.09. The van der Waals surface area contributed by atoms with E-state index in [-0.39, 0.29) is 29.9 Å². The van der Waals surface area contributed by atoms with Gasteiger partial charge in [0.15, 0.2) is 5.78 Å². The summed E-state index contributed by atoms with van der Waals surface area (Å²) in [5.41, 5.74) is 3.25. The van der Waals surface area contributed by atoms with Gasteiger partial charge < -0.3 is 10.1 Å². The Hall–Kier alpha value is -3.12. The van der Waals surface area contributed by atoms with Gasteiger partial charge in [-0.2, -0.15) is 0 Å². The number of amides is 1. The van der Waals surface area contributed by atoms with Crippen LogP contribution in [0.15, 0.2) is 61.2 Å². The van der Waals surface area contributed by atoms with Gasteiger partial charge in [-0.3, -0.25) is 9.59 Å². The normalized spacial score (nSPS) is 12.9. The number of carbonyl (C=O) groups excluding carboxylic acids is 3. The second-order valence-corrected chi connectivity index (χ2v) is 10.5. The first kappa shape index (κ1) is 26.5. The van der Waals surface area contributed by atoms with E-state index in [4.69, 9.17) is 4.98 Å². The fourth-order valence-corrected chi connectivity index (χ4v) is 5.21. The Kier molecular flexibility index (Phi) is 9.49. The number of thiazole rings is 1. The van der Waals surface area contributed by atoms with Gasteiger partial charge in [-0.1, -0.05) is 56.8 Å². The summed E-state index contributed by atoms with van der Waals surface area (Å²) >= 11 is 1.58. The van der Waals surface area contributed by atoms with Crippen molar-refractivity contribution in [3.8, 4) is 0 Å². The quantitative estimate of drug-likeness (QED) is 0.306. The summed E-state index contributed by atoms with van der Waals surface area (Å²) in [6.07, 6.45) is 3.32. The van der Waals surface area contributed by atoms with E-state index in [1.165, 1.54) is 18.6 Å². The third kappa shape index (κ3) is 7.96. The number of hydrogen-bond acceptors (Lipinski definition) is 5. The van der Waals surface area contributed by atoms with E-state index < -0.39 is 5.92 Å². The van der Waals surface area contributed by atoms with Gasteiger partial charge in [-0.05, 0) is 55.0 Å². The van der Waals surface area contributed by atoms with Crippen molar-refractivity contribution < 1.29 is 14.4 Å². The van der Waals surface area contributed by atoms with Crippen LogP contribution in [0.3, 0.4) is 0 Å². The molecule has 0 saturated heterocycles. The minimum absolute atomic E-state index is 0.0326. The molecule has 0 radical (unpaired) electrons. The van der Waals surface area contributed by atoms with E-state index in [0.29, 0.717) is 31.6 Å². The highest BCUT2D eigenvalue weighted by Crippen LogP contribution is 2.28. The van der Waals surface area contributed by atoms with E-state index >= 15 is 0 Å². The SMILES string of the molecule is C=CC(=O)CC[C@H](Cc1ccccc1)NC(=O)[C@@H](CC(C)=O)Cc1nc2ccc(C(C)C)cc2s1. The molecule has 1 aromatic heterocycles. The standard InChI is InChI=1S/C29H34N2O3S/c1-5-25(33)13-12-24(16-21-9-7-6-8-10-21)30-29(34)23(15-20(4)32)18-28-31-26-14-11-22(19(2)3)17-27(26)35-28/h5-11,14,17,19,23-24H,1,12-13,15-16,18H2,2-4H3,(H,30,34)/t23-,24+/m0/s1. The van der Waals surface area contributed by atoms with E-state index in [1.54, 1.807) is 11.3 Å². The van der Waals surface area contributed by atoms with Crippen molar-refractivity contribution in [1.82, 2.24) is 10.3 Å². The highest BCUT2D eigenvalue weighted by atomic mass is 32.1. The van der Waals surface area contributed by atoms with Crippen molar-refractivity contribution in [2.75, 3.05) is 0 Å². The molecule has 2 atom stereocenters. The molecule has 1 heterocycles. The largest absolute Gasteiger partial charge is 0.353 e. The molecule has 3 aromatic rings. The second kappa shape index (κ2) is 12.5. The van der Waals surface area contributed by atoms with Crippen LogP contribution in [0, 0.1) is 5.92 Å². The molecule has 6 heteroatoms. The molecule has 3 rings (SSSR count). The molecule has 0 aliphatic carbocycles. The van der Waals surface area contributed by atoms with E-state index in [9.17, 15) is 14.4 Å². The predicted molar refractivity (Wildman–Crippen MR) is 143 cm³/mol. The van der Waals surface area contributed by atoms with Gasteiger partial charge in [0.25, 0.3) is 0 Å². The van der Waals surface area contributed by atoms with Crippen LogP contribution in [0.4, 0.5) is 0 Å². The predicted octanol–water partition coefficient (Wildman–Crippen LogP) is 5.82. The van der Waals surface area contributed by atoms with E-state index in [2.05, 4.69) is 37.9 Å². The maximum Gasteiger partial charge on any atom is 0.224 e. The first-order chi connectivity index (χ1) is 16.7. The summed E-state index contributed by atoms with van der Waals surface area (Å²) in [5.74, 6) is -0.335. The number of hydrogen-bond donors (Lipinski definition) is 1. The van der Waals surface area contributed by atoms with Crippen LogP contribution < -0.4 is 5.32 Å². The molecule has 0 saturated carbocycles. The van der Waals surface area contributed by atoms with Crippen molar-refractivity contribution in [1.29, 1.82) is 0 Å². The Balaban J connectivity index is 1.77. The fourth-order valence-electron chi connectivity index (χ4n) is 4.11. The second-order valence-electron chi connectivity index (χ2n) is 9.40. The van der Waals surface area contributed by atoms with Crippen LogP contribution in [-0.4, -0.2) is 28.5 Å². The van der Waals surface area contributed by atoms with Crippen LogP contribution in [0.2, 0.25) is 0 Å². The number of allylic oxidation sites excluding steroid dienone is 1. The van der Waals surface area contributed by atoms with Crippen molar-refractivity contribution in [3.63, 3.8) is 0 Å². The van der Waals surface area contributed by atoms with E-state index in [0.717, 1.165) is 20.8 Å². The molecular formula is C29H34N2O3S. The van der Waals surface area contributed by atoms with Crippen LogP contribution in [-0.2, 0) is 27.2 Å². The Morgan fingerprint density at radius 1 is 1.09 bits per heavy atom. The van der Waals surface area contributed by atoms with Gasteiger partial charge in [-0.25, -0.2) is 4.98 Å². The minimum Gasteiger partial charge on any atom is -0.353 e. The van der Waals surface area contributed by atoms with Gasteiger partial charge in [0.05, 0.1) is 21.1 Å². The van der Waals surface area contributed by atoms with Gasteiger partial charge in [0.1, 0.15) is 5.78 Å². The molecule has 0 fully saturated rings. The molecule has 0 aliphatic rings. The maximum atomic E-state index is 13.4. The molecular weight excluding hydrogens is 456 g/mol. The molecule has 0 bridgehead atoms. The minimum atomic E-state index is -0.508. The maximum absolute atomic E-state index is 13.4. The van der Waals surface area contributed by atoms with Crippen LogP contribution in [0.5, 0.6) is 0 Å². The van der Waals surface area contributed by atoms with Gasteiger partial charge in [0, 0.05) is 25.3 Å². The number of aromatic nitrogens is 1. The number of nitrogens with zero attached hydrogens (tertiary/aromatic N) is 1. The number of rotatable bonds is 13. The van der Waals surface area contributed by atoms with Crippen LogP contribution >= 0.6 is 11.3 Å². The Labute approximate surface area is 211 Å². The Bertz CT molecular complexity index is 1180. The van der Waals surface area contributed by atoms with Crippen LogP contribution in [0.25, 0.3) is 10.2 Å². The average Bonchev–Trinajstić information content (AvgIpc) is 3.23. The van der Waals surface area contributed by atoms with Gasteiger partial charge >= 0.3 is 0 Å². The smallest absolute Gasteiger partial charge is 0.224 e. The third-order valence-corrected chi connectivity index (χ3v) is 7.13. The zero-order valence-corrected chi connectivity index (χ0v) is 21.6. The van der Waals surface area contributed by atoms with E-state index in [1.807, 2.05) is 36.4 Å². The molecule has 2 aromatic carbocycles. The first-order valence-corrected chi connectivity index (χ1v) is 12.9. The van der Waals surface area contributed by atoms with Crippen molar-refractivity contribution in [2.24, 2.45) is 5.92 Å². The summed E-state index contributed by atoms with van der Waals surface area (Å²) in [7, 11) is 0. The summed E-state index contributed by atoms with van der Waals surface area (Å²) in [5, 5.41) is 3.98. The molecule has 0 spiro atoms. The number of nitrogens with one attached hydrogen (secondary N) is 1. The number of carbonyl (C=O) groups is 3. The van der Waals surface area contributed by atoms with Crippen molar-refractivity contribution >= 4 is 39.0 Å². The highest BCUT2D eigenvalue weighted by molar-refractivity contribution is 7.18. The first-order valence-electron chi connectivity index (χ1n) is 12.1. The number of benzene rings is 2. The monoisotopic (exact) mass is 490 g/mol. The number of Topliss-reactive ketones (excluding diaryl/α,β-unsaturated/α-hetero) is 1. The zero-order chi connectivity index (χ0) is 25.4. The fraction of sp³-hybridized carbons (Fsp3) is 0.379. The highest BCUT2D eigenvalue weighted by Gasteiger charge is 2.25. The molecule has 1 N–H and O–H groups in total. The molecule has 184 valence electrons. The molecule has 35 heavy (non-hydrogen) atoms. The summed E-state index contributed by atoms with van der Waals surface area (Å²) in [4.78, 5) is 42.0. The van der Waals surface area contributed by atoms with Crippen molar-refractivity contribution in [3.05, 3.63) is 77.3 Å². The molecule has 1 amide bonds. The topological polar surface area (TPSA) is 76.1 Å². The average molecular weight is 491 g/mol. The molecule has 0 aliphatic heterocycles. The number of ketones is 2. The lowest BCUT2D eigenvalue weighted by molar-refractivity contribution is -0.129. The van der Waals surface area contributed by atoms with Gasteiger partial charge in [0.2, 0.25) is 5.91 Å². The lowest BCUT2D eigenvalue weighted by atomic mass is 9.95. The van der Waals surface area contributed by atoms with Crippen molar-refractivity contribution in [2.45, 2.75) is 64.8 Å². The summed E-state index contributed by atoms with van der Waals surface area (Å²) in [6, 6.07) is 15.9. The Morgan fingerprint density at radius 3 is 2.49 bits per heavy atom. The molecule has 0 unspecified atom stereocenters. The van der Waals surface area contributed by atoms with Gasteiger partial charge in [-0.15, -0.1) is 11.3 Å². The Morgan fingerprint density at radius 2 is 1.83 bits per heavy atom. The summed E-state index contributed by atoms with van der Waals surface area (Å²) < 4.78 is 1.10. The molecule has 5 nitrogen and oxygen atoms in total. The lowest BCUT2D eigenvalue weighted by Gasteiger charge is -2.22.